The Kier molecular flexibility index (Phi) is 5.48. The fourth-order valence-electron chi connectivity index (χ4n) is 3.41. The fourth-order valence-corrected chi connectivity index (χ4v) is 3.41. The molecule has 0 radical (unpaired) electrons. The van der Waals surface area contributed by atoms with Crippen molar-refractivity contribution in [2.24, 2.45) is 0 Å². The number of aromatic nitrogens is 1. The van der Waals surface area contributed by atoms with Crippen LogP contribution in [0, 0.1) is 5.82 Å². The quantitative estimate of drug-likeness (QED) is 0.905. The summed E-state index contributed by atoms with van der Waals surface area (Å²) in [6, 6.07) is 6.32. The normalized spacial score (nSPS) is 17.7. The lowest BCUT2D eigenvalue weighted by atomic mass is 10.0. The van der Waals surface area contributed by atoms with E-state index in [1.807, 2.05) is 24.8 Å². The molecule has 0 bridgehead atoms. The van der Waals surface area contributed by atoms with Gasteiger partial charge >= 0.3 is 0 Å². The Morgan fingerprint density at radius 3 is 2.96 bits per heavy atom. The van der Waals surface area contributed by atoms with Gasteiger partial charge in [0.2, 0.25) is 5.91 Å². The molecule has 3 rings (SSSR count). The van der Waals surface area contributed by atoms with Gasteiger partial charge in [-0.2, -0.15) is 0 Å². The van der Waals surface area contributed by atoms with Crippen LogP contribution in [0.15, 0.2) is 28.8 Å². The predicted octanol–water partition coefficient (Wildman–Crippen LogP) is 2.65. The highest BCUT2D eigenvalue weighted by Gasteiger charge is 2.29. The van der Waals surface area contributed by atoms with Crippen molar-refractivity contribution >= 4 is 5.91 Å². The molecule has 1 aromatic carbocycles. The standard InChI is InChI=1S/C19H24FN3O2/c1-3-16-15(18(4-2)25-22-16)11-19(24)23-9-8-21-12-17(23)13-6-5-7-14(20)10-13/h5-7,10,17,21H,3-4,8-9,11-12H2,1-2H3. The van der Waals surface area contributed by atoms with Crippen LogP contribution < -0.4 is 5.32 Å². The second-order valence-corrected chi connectivity index (χ2v) is 6.28. The number of nitrogens with one attached hydrogen (secondary N) is 1. The molecule has 0 aliphatic carbocycles. The topological polar surface area (TPSA) is 58.4 Å². The first-order valence-electron chi connectivity index (χ1n) is 8.86. The second kappa shape index (κ2) is 7.78. The van der Waals surface area contributed by atoms with Crippen molar-refractivity contribution in [1.29, 1.82) is 0 Å². The molecule has 134 valence electrons. The average molecular weight is 345 g/mol. The largest absolute Gasteiger partial charge is 0.361 e. The molecule has 2 aromatic rings. The number of amides is 1. The fraction of sp³-hybridized carbons (Fsp3) is 0.474. The summed E-state index contributed by atoms with van der Waals surface area (Å²) < 4.78 is 19.0. The van der Waals surface area contributed by atoms with E-state index in [0.29, 0.717) is 19.5 Å². The first-order valence-corrected chi connectivity index (χ1v) is 8.86. The molecule has 0 saturated carbocycles. The van der Waals surface area contributed by atoms with Crippen LogP contribution >= 0.6 is 0 Å². The van der Waals surface area contributed by atoms with Crippen LogP contribution in [0.3, 0.4) is 0 Å². The van der Waals surface area contributed by atoms with Gasteiger partial charge in [0.15, 0.2) is 0 Å². The van der Waals surface area contributed by atoms with E-state index >= 15 is 0 Å². The minimum absolute atomic E-state index is 0.0309. The van der Waals surface area contributed by atoms with Gasteiger partial charge in [-0.15, -0.1) is 0 Å². The van der Waals surface area contributed by atoms with Gasteiger partial charge in [-0.05, 0) is 24.1 Å². The van der Waals surface area contributed by atoms with Crippen molar-refractivity contribution in [3.8, 4) is 0 Å². The van der Waals surface area contributed by atoms with Gasteiger partial charge in [-0.3, -0.25) is 4.79 Å². The lowest BCUT2D eigenvalue weighted by Crippen LogP contribution is -2.49. The van der Waals surface area contributed by atoms with Crippen LogP contribution in [0.5, 0.6) is 0 Å². The van der Waals surface area contributed by atoms with E-state index < -0.39 is 0 Å². The zero-order valence-electron chi connectivity index (χ0n) is 14.7. The van der Waals surface area contributed by atoms with E-state index in [1.165, 1.54) is 12.1 Å². The third-order valence-corrected chi connectivity index (χ3v) is 4.73. The summed E-state index contributed by atoms with van der Waals surface area (Å²) in [5, 5.41) is 7.38. The molecule has 1 aliphatic heterocycles. The average Bonchev–Trinajstić information content (AvgIpc) is 3.03. The Hall–Kier alpha value is -2.21. The monoisotopic (exact) mass is 345 g/mol. The van der Waals surface area contributed by atoms with Gasteiger partial charge in [0.05, 0.1) is 18.2 Å². The molecule has 1 unspecified atom stereocenters. The molecule has 1 fully saturated rings. The maximum atomic E-state index is 13.6. The zero-order chi connectivity index (χ0) is 17.8. The summed E-state index contributed by atoms with van der Waals surface area (Å²) in [5.41, 5.74) is 2.58. The summed E-state index contributed by atoms with van der Waals surface area (Å²) in [4.78, 5) is 14.8. The number of aryl methyl sites for hydroxylation is 2. The van der Waals surface area contributed by atoms with Gasteiger partial charge in [-0.1, -0.05) is 31.1 Å². The van der Waals surface area contributed by atoms with Gasteiger partial charge in [0.1, 0.15) is 11.6 Å². The molecular formula is C19H24FN3O2. The molecule has 6 heteroatoms. The Bertz CT molecular complexity index is 723. The van der Waals surface area contributed by atoms with Gasteiger partial charge in [0.25, 0.3) is 0 Å². The maximum absolute atomic E-state index is 13.6. The number of benzene rings is 1. The van der Waals surface area contributed by atoms with Crippen LogP contribution in [-0.4, -0.2) is 35.6 Å². The molecule has 1 aromatic heterocycles. The van der Waals surface area contributed by atoms with Gasteiger partial charge in [-0.25, -0.2) is 4.39 Å². The number of carbonyl (C=O) groups is 1. The van der Waals surface area contributed by atoms with Crippen LogP contribution in [-0.2, 0) is 24.1 Å². The van der Waals surface area contributed by atoms with Crippen LogP contribution in [0.4, 0.5) is 4.39 Å². The highest BCUT2D eigenvalue weighted by molar-refractivity contribution is 5.80. The highest BCUT2D eigenvalue weighted by Crippen LogP contribution is 2.25. The summed E-state index contributed by atoms with van der Waals surface area (Å²) in [5.74, 6) is 0.530. The lowest BCUT2D eigenvalue weighted by molar-refractivity contribution is -0.133. The lowest BCUT2D eigenvalue weighted by Gasteiger charge is -2.36. The van der Waals surface area contributed by atoms with Crippen LogP contribution in [0.2, 0.25) is 0 Å². The van der Waals surface area contributed by atoms with E-state index in [9.17, 15) is 9.18 Å². The van der Waals surface area contributed by atoms with Crippen molar-refractivity contribution in [1.82, 2.24) is 15.4 Å². The summed E-state index contributed by atoms with van der Waals surface area (Å²) in [7, 11) is 0. The summed E-state index contributed by atoms with van der Waals surface area (Å²) >= 11 is 0. The number of rotatable bonds is 5. The van der Waals surface area contributed by atoms with Crippen molar-refractivity contribution < 1.29 is 13.7 Å². The molecule has 0 spiro atoms. The zero-order valence-corrected chi connectivity index (χ0v) is 14.7. The number of halogens is 1. The van der Waals surface area contributed by atoms with Gasteiger partial charge < -0.3 is 14.7 Å². The Balaban J connectivity index is 1.83. The predicted molar refractivity (Wildman–Crippen MR) is 92.7 cm³/mol. The third kappa shape index (κ3) is 3.74. The van der Waals surface area contributed by atoms with E-state index in [-0.39, 0.29) is 24.2 Å². The SMILES string of the molecule is CCc1noc(CC)c1CC(=O)N1CCNCC1c1cccc(F)c1. The molecule has 1 amide bonds. The van der Waals surface area contributed by atoms with E-state index in [1.54, 1.807) is 6.07 Å². The first-order chi connectivity index (χ1) is 12.1. The van der Waals surface area contributed by atoms with Crippen molar-refractivity contribution in [3.05, 3.63) is 52.7 Å². The Morgan fingerprint density at radius 1 is 1.40 bits per heavy atom. The smallest absolute Gasteiger partial charge is 0.227 e. The minimum atomic E-state index is -0.281. The molecular weight excluding hydrogens is 321 g/mol. The molecule has 1 saturated heterocycles. The van der Waals surface area contributed by atoms with Crippen LogP contribution in [0.25, 0.3) is 0 Å². The molecule has 1 aliphatic rings. The maximum Gasteiger partial charge on any atom is 0.227 e. The van der Waals surface area contributed by atoms with E-state index in [0.717, 1.165) is 35.5 Å². The first kappa shape index (κ1) is 17.6. The number of nitrogens with zero attached hydrogens (tertiary/aromatic N) is 2. The van der Waals surface area contributed by atoms with E-state index in [2.05, 4.69) is 10.5 Å². The number of hydrogen-bond acceptors (Lipinski definition) is 4. The summed E-state index contributed by atoms with van der Waals surface area (Å²) in [6.07, 6.45) is 1.73. The molecule has 1 N–H and O–H groups in total. The number of piperazine rings is 1. The number of hydrogen-bond donors (Lipinski definition) is 1. The van der Waals surface area contributed by atoms with Gasteiger partial charge in [0, 0.05) is 31.6 Å². The number of carbonyl (C=O) groups excluding carboxylic acids is 1. The Morgan fingerprint density at radius 2 is 2.24 bits per heavy atom. The van der Waals surface area contributed by atoms with Crippen molar-refractivity contribution in [2.45, 2.75) is 39.2 Å². The van der Waals surface area contributed by atoms with E-state index in [4.69, 9.17) is 4.52 Å². The molecule has 25 heavy (non-hydrogen) atoms. The summed E-state index contributed by atoms with van der Waals surface area (Å²) in [6.45, 7) is 5.97. The Labute approximate surface area is 147 Å². The second-order valence-electron chi connectivity index (χ2n) is 6.28. The minimum Gasteiger partial charge on any atom is -0.361 e. The van der Waals surface area contributed by atoms with Crippen molar-refractivity contribution in [2.75, 3.05) is 19.6 Å². The molecule has 1 atom stereocenters. The molecule has 5 nitrogen and oxygen atoms in total. The van der Waals surface area contributed by atoms with Crippen molar-refractivity contribution in [3.63, 3.8) is 0 Å². The highest BCUT2D eigenvalue weighted by atomic mass is 19.1. The van der Waals surface area contributed by atoms with Crippen LogP contribution in [0.1, 0.15) is 42.5 Å². The molecule has 2 heterocycles. The third-order valence-electron chi connectivity index (χ3n) is 4.73.